The van der Waals surface area contributed by atoms with Gasteiger partial charge in [-0.3, -0.25) is 4.90 Å². The molecule has 2 heterocycles. The van der Waals surface area contributed by atoms with Crippen LogP contribution in [0, 0.1) is 32.1 Å². The fraction of sp³-hybridized carbons (Fsp3) is 0.207. The van der Waals surface area contributed by atoms with Gasteiger partial charge in [-0.1, -0.05) is 106 Å². The van der Waals surface area contributed by atoms with E-state index in [9.17, 15) is 0 Å². The molecule has 39 heavy (non-hydrogen) atoms. The Balaban J connectivity index is 0. The second kappa shape index (κ2) is 24.0. The molecule has 1 aliphatic carbocycles. The first kappa shape index (κ1) is 41.7. The molecule has 2 saturated heterocycles. The molecule has 0 spiro atoms. The van der Waals surface area contributed by atoms with Gasteiger partial charge in [0.1, 0.15) is 0 Å². The molecule has 3 aromatic rings. The molecule has 205 valence electrons. The number of nitrogens with zero attached hydrogens (tertiary/aromatic N) is 3. The van der Waals surface area contributed by atoms with Gasteiger partial charge in [0, 0.05) is 19.2 Å². The number of fused-ring (bicyclic) bond motifs is 2. The first-order valence-corrected chi connectivity index (χ1v) is 14.9. The molecule has 2 bridgehead atoms. The average Bonchev–Trinajstić information content (AvgIpc) is 3.47. The van der Waals surface area contributed by atoms with Crippen molar-refractivity contribution in [1.82, 2.24) is 9.80 Å². The SMILES string of the molecule is CN1CN2C[N-]CP(C1)C2.[CH]1[CH][CH][CH][CH]1.[Cl-].[Cl-].[Cl-].[Ru+2].[Zn+2].c1ccc(P(c2ccccc2)c2ccccc2)cc1. The van der Waals surface area contributed by atoms with E-state index in [-0.39, 0.29) is 84.1 Å². The van der Waals surface area contributed by atoms with Gasteiger partial charge in [0.15, 0.2) is 0 Å². The van der Waals surface area contributed by atoms with Gasteiger partial charge in [-0.15, -0.1) is 6.29 Å². The topological polar surface area (TPSA) is 20.6 Å². The van der Waals surface area contributed by atoms with Gasteiger partial charge in [0.25, 0.3) is 0 Å². The van der Waals surface area contributed by atoms with Crippen molar-refractivity contribution in [2.75, 3.05) is 39.2 Å². The van der Waals surface area contributed by atoms with E-state index in [1.165, 1.54) is 28.5 Å². The van der Waals surface area contributed by atoms with E-state index in [0.717, 1.165) is 19.6 Å². The van der Waals surface area contributed by atoms with E-state index in [1.54, 1.807) is 0 Å². The molecule has 1 saturated carbocycles. The molecule has 10 heteroatoms. The maximum Gasteiger partial charge on any atom is 2.00 e. The zero-order valence-corrected chi connectivity index (χ0v) is 30.8. The van der Waals surface area contributed by atoms with Crippen LogP contribution in [0.4, 0.5) is 0 Å². The molecule has 2 unspecified atom stereocenters. The number of benzene rings is 3. The van der Waals surface area contributed by atoms with Crippen LogP contribution in [0.1, 0.15) is 0 Å². The van der Waals surface area contributed by atoms with E-state index in [2.05, 4.69) is 113 Å². The monoisotopic (exact) mass is 756 g/mol. The van der Waals surface area contributed by atoms with Crippen LogP contribution < -0.4 is 53.1 Å². The summed E-state index contributed by atoms with van der Waals surface area (Å²) in [6, 6.07) is 32.3. The predicted molar refractivity (Wildman–Crippen MR) is 151 cm³/mol. The normalized spacial score (nSPS) is 18.9. The molecule has 3 aliphatic rings. The molecular formula is C29H33Cl3N3P2RuZn. The molecule has 3 nitrogen and oxygen atoms in total. The first-order chi connectivity index (χ1) is 16.8. The van der Waals surface area contributed by atoms with Gasteiger partial charge in [-0.25, -0.2) is 0 Å². The average molecular weight is 758 g/mol. The Kier molecular flexibility index (Phi) is 25.6. The summed E-state index contributed by atoms with van der Waals surface area (Å²) >= 11 is 0. The molecule has 6 rings (SSSR count). The van der Waals surface area contributed by atoms with Gasteiger partial charge in [-0.05, 0) is 63.0 Å². The fourth-order valence-corrected chi connectivity index (χ4v) is 8.57. The van der Waals surface area contributed by atoms with Gasteiger partial charge in [0.05, 0.1) is 0 Å². The van der Waals surface area contributed by atoms with Crippen LogP contribution in [-0.4, -0.2) is 49.0 Å². The van der Waals surface area contributed by atoms with Crippen molar-refractivity contribution < 1.29 is 76.2 Å². The van der Waals surface area contributed by atoms with Crippen LogP contribution in [0.2, 0.25) is 0 Å². The third-order valence-electron chi connectivity index (χ3n) is 5.48. The van der Waals surface area contributed by atoms with Crippen LogP contribution in [0.3, 0.4) is 0 Å². The standard InChI is InChI=1S/C18H15P.C6H13N3P.C5H5.3ClH.Ru.Zn/c1-4-10-16(11-5-1)19(17-12-6-2-7-13-17)18-14-8-3-9-15-18;1-8-4-9-2-7-3-10(5-8)6-9;1-2-4-5-3-1;;;;;/h1-15H;2-6H2,1H3;1-5H;3*1H;;/q;-1;;;;;2*+2/p-3. The van der Waals surface area contributed by atoms with Crippen molar-refractivity contribution in [2.45, 2.75) is 0 Å². The van der Waals surface area contributed by atoms with Crippen molar-refractivity contribution in [3.05, 3.63) is 128 Å². The van der Waals surface area contributed by atoms with E-state index in [4.69, 9.17) is 0 Å². The van der Waals surface area contributed by atoms with Gasteiger partial charge in [-0.2, -0.15) is 0 Å². The first-order valence-electron chi connectivity index (χ1n) is 11.7. The van der Waals surface area contributed by atoms with Crippen molar-refractivity contribution in [2.24, 2.45) is 0 Å². The smallest absolute Gasteiger partial charge is 1.00 e. The van der Waals surface area contributed by atoms with Crippen molar-refractivity contribution >= 4 is 31.8 Å². The Morgan fingerprint density at radius 2 is 1.03 bits per heavy atom. The maximum absolute atomic E-state index is 4.42. The minimum absolute atomic E-state index is 0. The summed E-state index contributed by atoms with van der Waals surface area (Å²) in [4.78, 5) is 4.84. The Bertz CT molecular complexity index is 846. The largest absolute Gasteiger partial charge is 2.00 e. The Morgan fingerprint density at radius 3 is 1.38 bits per heavy atom. The molecular weight excluding hydrogens is 725 g/mol. The van der Waals surface area contributed by atoms with Crippen molar-refractivity contribution in [3.63, 3.8) is 0 Å². The second-order valence-corrected chi connectivity index (χ2v) is 12.8. The zero-order valence-electron chi connectivity index (χ0n) is 22.0. The van der Waals surface area contributed by atoms with Crippen LogP contribution in [0.25, 0.3) is 5.32 Å². The van der Waals surface area contributed by atoms with Crippen LogP contribution in [0.5, 0.6) is 0 Å². The molecule has 2 atom stereocenters. The molecule has 3 aromatic carbocycles. The van der Waals surface area contributed by atoms with Gasteiger partial charge < -0.3 is 47.4 Å². The second-order valence-electron chi connectivity index (χ2n) is 8.43. The fourth-order valence-electron chi connectivity index (χ4n) is 4.11. The van der Waals surface area contributed by atoms with E-state index >= 15 is 0 Å². The van der Waals surface area contributed by atoms with E-state index < -0.39 is 7.92 Å². The number of halogens is 3. The summed E-state index contributed by atoms with van der Waals surface area (Å²) in [7, 11) is 1.98. The third kappa shape index (κ3) is 14.5. The molecule has 3 fully saturated rings. The van der Waals surface area contributed by atoms with Crippen LogP contribution in [0.15, 0.2) is 91.0 Å². The molecule has 5 radical (unpaired) electrons. The van der Waals surface area contributed by atoms with E-state index in [0.29, 0.717) is 0 Å². The summed E-state index contributed by atoms with van der Waals surface area (Å²) in [5.41, 5.74) is 0. The quantitative estimate of drug-likeness (QED) is 0.204. The number of rotatable bonds is 3. The van der Waals surface area contributed by atoms with Crippen molar-refractivity contribution in [1.29, 1.82) is 0 Å². The summed E-state index contributed by atoms with van der Waals surface area (Å²) in [5, 5.41) is 8.62. The molecule has 2 aliphatic heterocycles. The zero-order chi connectivity index (χ0) is 23.4. The minimum atomic E-state index is -0.446. The predicted octanol–water partition coefficient (Wildman–Crippen LogP) is -3.64. The van der Waals surface area contributed by atoms with E-state index in [1.807, 2.05) is 32.1 Å². The van der Waals surface area contributed by atoms with Crippen LogP contribution >= 0.6 is 15.8 Å². The summed E-state index contributed by atoms with van der Waals surface area (Å²) in [6.45, 7) is 2.10. The van der Waals surface area contributed by atoms with Gasteiger partial charge >= 0.3 is 39.0 Å². The summed E-state index contributed by atoms with van der Waals surface area (Å²) < 4.78 is 0. The third-order valence-corrected chi connectivity index (χ3v) is 10.2. The molecule has 0 aromatic heterocycles. The Labute approximate surface area is 283 Å². The minimum Gasteiger partial charge on any atom is -1.00 e. The van der Waals surface area contributed by atoms with Crippen molar-refractivity contribution in [3.8, 4) is 0 Å². The Hall–Kier alpha value is 0.517. The van der Waals surface area contributed by atoms with Crippen LogP contribution in [-0.2, 0) is 39.0 Å². The Morgan fingerprint density at radius 1 is 0.641 bits per heavy atom. The molecule has 0 N–H and O–H groups in total. The maximum atomic E-state index is 4.42. The number of hydrogen-bond acceptors (Lipinski definition) is 2. The summed E-state index contributed by atoms with van der Waals surface area (Å²) in [5.74, 6) is 0. The van der Waals surface area contributed by atoms with Gasteiger partial charge in [0.2, 0.25) is 0 Å². The summed E-state index contributed by atoms with van der Waals surface area (Å²) in [6.07, 6.45) is 13.8. The number of hydrogen-bond donors (Lipinski definition) is 0. The molecule has 0 amide bonds.